The lowest BCUT2D eigenvalue weighted by Crippen LogP contribution is -2.49. The van der Waals surface area contributed by atoms with Crippen molar-refractivity contribution < 1.29 is 19.6 Å². The quantitative estimate of drug-likeness (QED) is 0.637. The lowest BCUT2D eigenvalue weighted by Gasteiger charge is -2.28. The number of carbonyl (C=O) groups is 2. The van der Waals surface area contributed by atoms with Gasteiger partial charge in [0, 0.05) is 6.54 Å². The Kier molecular flexibility index (Phi) is 3.76. The molecule has 2 saturated heterocycles. The number of urea groups is 1. The predicted molar refractivity (Wildman–Crippen MR) is 71.9 cm³/mol. The number of fused-ring (bicyclic) bond motifs is 2. The van der Waals surface area contributed by atoms with E-state index in [1.165, 1.54) is 9.96 Å². The van der Waals surface area contributed by atoms with Crippen molar-refractivity contribution in [1.82, 2.24) is 15.4 Å². The summed E-state index contributed by atoms with van der Waals surface area (Å²) in [7, 11) is 0. The van der Waals surface area contributed by atoms with E-state index < -0.39 is 11.9 Å². The first-order valence-electron chi connectivity index (χ1n) is 6.91. The Morgan fingerprint density at radius 2 is 2.10 bits per heavy atom. The average Bonchev–Trinajstić information content (AvgIpc) is 2.77. The molecule has 21 heavy (non-hydrogen) atoms. The summed E-state index contributed by atoms with van der Waals surface area (Å²) >= 11 is 0. The van der Waals surface area contributed by atoms with E-state index in [0.29, 0.717) is 26.0 Å². The van der Waals surface area contributed by atoms with Crippen molar-refractivity contribution in [1.29, 1.82) is 0 Å². The fourth-order valence-electron chi connectivity index (χ4n) is 2.86. The molecule has 2 aliphatic heterocycles. The van der Waals surface area contributed by atoms with Crippen LogP contribution in [-0.2, 0) is 16.2 Å². The molecule has 3 amide bonds. The molecule has 1 aromatic rings. The maximum Gasteiger partial charge on any atom is 0.345 e. The maximum atomic E-state index is 12.3. The number of benzene rings is 1. The first-order valence-corrected chi connectivity index (χ1v) is 6.91. The molecule has 0 aromatic heterocycles. The fourth-order valence-corrected chi connectivity index (χ4v) is 2.86. The minimum atomic E-state index is -0.621. The third kappa shape index (κ3) is 2.57. The van der Waals surface area contributed by atoms with Gasteiger partial charge in [-0.1, -0.05) is 30.3 Å². The minimum absolute atomic E-state index is 0.0380. The molecule has 2 fully saturated rings. The molecule has 2 N–H and O–H groups in total. The zero-order valence-electron chi connectivity index (χ0n) is 11.4. The van der Waals surface area contributed by atoms with E-state index in [1.807, 2.05) is 30.3 Å². The number of amides is 3. The summed E-state index contributed by atoms with van der Waals surface area (Å²) < 4.78 is 0. The molecule has 2 bridgehead atoms. The van der Waals surface area contributed by atoms with Gasteiger partial charge in [-0.05, 0) is 18.4 Å². The Labute approximate surface area is 122 Å². The topological polar surface area (TPSA) is 82.1 Å². The second-order valence-electron chi connectivity index (χ2n) is 5.24. The van der Waals surface area contributed by atoms with Gasteiger partial charge in [-0.2, -0.15) is 5.06 Å². The van der Waals surface area contributed by atoms with Crippen LogP contribution in [-0.4, -0.2) is 45.7 Å². The van der Waals surface area contributed by atoms with Crippen LogP contribution in [0.3, 0.4) is 0 Å². The van der Waals surface area contributed by atoms with Gasteiger partial charge in [0.15, 0.2) is 0 Å². The molecule has 7 heteroatoms. The highest BCUT2D eigenvalue weighted by Crippen LogP contribution is 2.30. The van der Waals surface area contributed by atoms with Crippen LogP contribution < -0.4 is 5.48 Å². The van der Waals surface area contributed by atoms with Crippen molar-refractivity contribution in [2.24, 2.45) is 0 Å². The molecule has 2 heterocycles. The summed E-state index contributed by atoms with van der Waals surface area (Å²) in [5, 5.41) is 10.1. The smallest absolute Gasteiger partial charge is 0.309 e. The molecule has 2 unspecified atom stereocenters. The highest BCUT2D eigenvalue weighted by atomic mass is 16.7. The number of carbonyl (C=O) groups excluding carboxylic acids is 2. The highest BCUT2D eigenvalue weighted by molar-refractivity contribution is 5.87. The molecule has 0 radical (unpaired) electrons. The van der Waals surface area contributed by atoms with Gasteiger partial charge in [-0.25, -0.2) is 10.3 Å². The zero-order chi connectivity index (χ0) is 14.8. The summed E-state index contributed by atoms with van der Waals surface area (Å²) in [5.41, 5.74) is 2.60. The Bertz CT molecular complexity index is 536. The highest BCUT2D eigenvalue weighted by Gasteiger charge is 2.47. The van der Waals surface area contributed by atoms with Crippen LogP contribution in [0.25, 0.3) is 0 Å². The SMILES string of the molecule is O=C(NO)C1CCC2CN1C(=O)N2OCc1ccccc1. The lowest BCUT2D eigenvalue weighted by atomic mass is 10.0. The van der Waals surface area contributed by atoms with E-state index in [9.17, 15) is 9.59 Å². The van der Waals surface area contributed by atoms with Gasteiger partial charge < -0.3 is 4.90 Å². The van der Waals surface area contributed by atoms with Crippen LogP contribution in [0.2, 0.25) is 0 Å². The van der Waals surface area contributed by atoms with Crippen molar-refractivity contribution >= 4 is 11.9 Å². The molecular formula is C14H17N3O4. The summed E-state index contributed by atoms with van der Waals surface area (Å²) in [6.07, 6.45) is 1.20. The summed E-state index contributed by atoms with van der Waals surface area (Å²) in [6.45, 7) is 0.763. The van der Waals surface area contributed by atoms with Crippen molar-refractivity contribution in [3.8, 4) is 0 Å². The van der Waals surface area contributed by atoms with E-state index in [2.05, 4.69) is 0 Å². The third-order valence-corrected chi connectivity index (χ3v) is 3.95. The van der Waals surface area contributed by atoms with E-state index in [-0.39, 0.29) is 12.1 Å². The van der Waals surface area contributed by atoms with E-state index in [4.69, 9.17) is 10.0 Å². The molecular weight excluding hydrogens is 274 g/mol. The number of rotatable bonds is 4. The van der Waals surface area contributed by atoms with E-state index in [0.717, 1.165) is 5.56 Å². The maximum absolute atomic E-state index is 12.3. The van der Waals surface area contributed by atoms with Crippen molar-refractivity contribution in [3.63, 3.8) is 0 Å². The molecule has 3 rings (SSSR count). The zero-order valence-corrected chi connectivity index (χ0v) is 11.4. The second kappa shape index (κ2) is 5.71. The van der Waals surface area contributed by atoms with Gasteiger partial charge in [0.1, 0.15) is 12.6 Å². The van der Waals surface area contributed by atoms with Gasteiger partial charge in [-0.3, -0.25) is 14.8 Å². The van der Waals surface area contributed by atoms with Gasteiger partial charge in [0.2, 0.25) is 0 Å². The fraction of sp³-hybridized carbons (Fsp3) is 0.429. The molecule has 0 saturated carbocycles. The van der Waals surface area contributed by atoms with Crippen LogP contribution in [0.15, 0.2) is 30.3 Å². The Morgan fingerprint density at radius 1 is 1.33 bits per heavy atom. The molecule has 7 nitrogen and oxygen atoms in total. The molecule has 0 spiro atoms. The number of piperidine rings is 1. The van der Waals surface area contributed by atoms with Crippen molar-refractivity contribution in [2.75, 3.05) is 6.54 Å². The standard InChI is InChI=1S/C14H17N3O4/c18-13(15-20)12-7-6-11-8-16(12)14(19)17(11)21-9-10-4-2-1-3-5-10/h1-5,11-12,20H,6-9H2,(H,15,18). The molecule has 2 aliphatic rings. The summed E-state index contributed by atoms with van der Waals surface area (Å²) in [4.78, 5) is 31.0. The first-order chi connectivity index (χ1) is 10.2. The molecule has 112 valence electrons. The van der Waals surface area contributed by atoms with Crippen LogP contribution in [0.1, 0.15) is 18.4 Å². The minimum Gasteiger partial charge on any atom is -0.309 e. The van der Waals surface area contributed by atoms with Gasteiger partial charge >= 0.3 is 6.03 Å². The van der Waals surface area contributed by atoms with Crippen molar-refractivity contribution in [3.05, 3.63) is 35.9 Å². The van der Waals surface area contributed by atoms with Crippen molar-refractivity contribution in [2.45, 2.75) is 31.5 Å². The summed E-state index contributed by atoms with van der Waals surface area (Å²) in [6, 6.07) is 8.61. The lowest BCUT2D eigenvalue weighted by molar-refractivity contribution is -0.140. The number of nitrogens with zero attached hydrogens (tertiary/aromatic N) is 2. The van der Waals surface area contributed by atoms with Crippen LogP contribution in [0.5, 0.6) is 0 Å². The van der Waals surface area contributed by atoms with Crippen LogP contribution in [0.4, 0.5) is 4.79 Å². The third-order valence-electron chi connectivity index (χ3n) is 3.95. The Morgan fingerprint density at radius 3 is 2.81 bits per heavy atom. The number of hydroxylamine groups is 3. The Hall–Kier alpha value is -2.12. The van der Waals surface area contributed by atoms with Gasteiger partial charge in [0.05, 0.1) is 6.04 Å². The summed E-state index contributed by atoms with van der Waals surface area (Å²) in [5.74, 6) is -0.549. The Balaban J connectivity index is 1.66. The monoisotopic (exact) mass is 291 g/mol. The number of nitrogens with one attached hydrogen (secondary N) is 1. The molecule has 1 aromatic carbocycles. The normalized spacial score (nSPS) is 24.3. The molecule has 0 aliphatic carbocycles. The second-order valence-corrected chi connectivity index (χ2v) is 5.24. The molecule has 2 atom stereocenters. The average molecular weight is 291 g/mol. The van der Waals surface area contributed by atoms with E-state index >= 15 is 0 Å². The van der Waals surface area contributed by atoms with Gasteiger partial charge in [-0.15, -0.1) is 0 Å². The van der Waals surface area contributed by atoms with Crippen LogP contribution >= 0.6 is 0 Å². The first kappa shape index (κ1) is 13.8. The predicted octanol–water partition coefficient (Wildman–Crippen LogP) is 0.892. The number of hydrogen-bond donors (Lipinski definition) is 2. The van der Waals surface area contributed by atoms with E-state index in [1.54, 1.807) is 5.48 Å². The largest absolute Gasteiger partial charge is 0.345 e. The van der Waals surface area contributed by atoms with Gasteiger partial charge in [0.25, 0.3) is 5.91 Å². The number of hydrogen-bond acceptors (Lipinski definition) is 4. The van der Waals surface area contributed by atoms with Crippen LogP contribution in [0, 0.1) is 0 Å².